The molecule has 2 aromatic carbocycles. The van der Waals surface area contributed by atoms with Crippen LogP contribution in [0.4, 0.5) is 4.79 Å². The number of Topliss-reactive ketones (excluding diaryl/α,β-unsaturated/α-hetero) is 1. The first-order valence-electron chi connectivity index (χ1n) is 16.4. The fourth-order valence-corrected chi connectivity index (χ4v) is 6.38. The number of alkyl carbamates (subject to hydrolysis) is 1. The van der Waals surface area contributed by atoms with Crippen molar-refractivity contribution in [3.05, 3.63) is 116 Å². The second-order valence-corrected chi connectivity index (χ2v) is 14.4. The summed E-state index contributed by atoms with van der Waals surface area (Å²) in [7, 11) is 0. The van der Waals surface area contributed by atoms with E-state index in [0.717, 1.165) is 32.3 Å². The van der Waals surface area contributed by atoms with Gasteiger partial charge in [0.1, 0.15) is 18.9 Å². The lowest BCUT2D eigenvalue weighted by atomic mass is 9.94. The van der Waals surface area contributed by atoms with Gasteiger partial charge >= 0.3 is 6.09 Å². The maximum Gasteiger partial charge on any atom is 0.408 e. The van der Waals surface area contributed by atoms with Gasteiger partial charge in [0.05, 0.1) is 33.3 Å². The fourth-order valence-electron chi connectivity index (χ4n) is 5.09. The largest absolute Gasteiger partial charge is 0.444 e. The van der Waals surface area contributed by atoms with E-state index in [1.54, 1.807) is 29.3 Å². The van der Waals surface area contributed by atoms with Crippen LogP contribution in [0.1, 0.15) is 66.7 Å². The van der Waals surface area contributed by atoms with Gasteiger partial charge in [0.2, 0.25) is 0 Å². The number of hydrogen-bond acceptors (Lipinski definition) is 11. The number of carbonyl (C=O) groups is 3. The van der Waals surface area contributed by atoms with Gasteiger partial charge in [-0.05, 0) is 43.4 Å². The summed E-state index contributed by atoms with van der Waals surface area (Å²) in [6.45, 7) is 8.16. The molecule has 2 aromatic heterocycles. The topological polar surface area (TPSA) is 147 Å². The van der Waals surface area contributed by atoms with Crippen molar-refractivity contribution in [1.82, 2.24) is 25.9 Å². The van der Waals surface area contributed by atoms with Crippen LogP contribution < -0.4 is 16.0 Å². The van der Waals surface area contributed by atoms with Gasteiger partial charge in [-0.3, -0.25) is 14.6 Å². The summed E-state index contributed by atoms with van der Waals surface area (Å²) in [5, 5.41) is 12.0. The molecule has 1 aliphatic heterocycles. The Kier molecular flexibility index (Phi) is 12.6. The minimum atomic E-state index is -1.08. The zero-order chi connectivity index (χ0) is 35.5. The predicted octanol–water partition coefficient (Wildman–Crippen LogP) is 5.93. The zero-order valence-corrected chi connectivity index (χ0v) is 30.2. The molecular formula is C37H42N6O5S2. The van der Waals surface area contributed by atoms with Crippen LogP contribution in [0.5, 0.6) is 0 Å². The number of hydrogen-bond donors (Lipinski definition) is 3. The standard InChI is InChI=1S/C37H42N6O5S2/c1-24(2)33(43-37(22-48-37)39-18-29-21-49-35(41-29)25(3)4)34(45)40-28(15-26-11-7-5-8-12-26)17-32(44)31(16-27-13-9-6-10-14-27)42-36(46)47-20-30-19-38-23-50-30/h5-14,18-19,21,23,25,28,31,43H,15-17,20,22H2,1-4H3,(H,40,45)(H,42,46)/b39-18+. The van der Waals surface area contributed by atoms with Gasteiger partial charge in [0.25, 0.3) is 11.8 Å². The van der Waals surface area contributed by atoms with E-state index in [-0.39, 0.29) is 31.8 Å². The van der Waals surface area contributed by atoms with E-state index >= 15 is 0 Å². The quantitative estimate of drug-likeness (QED) is 0.0693. The minimum Gasteiger partial charge on any atom is -0.444 e. The second kappa shape index (κ2) is 17.3. The maximum absolute atomic E-state index is 14.0. The number of nitrogens with one attached hydrogen (secondary N) is 3. The summed E-state index contributed by atoms with van der Waals surface area (Å²) in [5.41, 5.74) is 5.24. The molecule has 4 aromatic rings. The summed E-state index contributed by atoms with van der Waals surface area (Å²) >= 11 is 2.95. The average Bonchev–Trinajstić information content (AvgIpc) is 3.43. The molecule has 1 saturated heterocycles. The Morgan fingerprint density at radius 3 is 2.26 bits per heavy atom. The van der Waals surface area contributed by atoms with Crippen molar-refractivity contribution in [3.8, 4) is 0 Å². The Balaban J connectivity index is 1.30. The molecule has 11 nitrogen and oxygen atoms in total. The smallest absolute Gasteiger partial charge is 0.408 e. The summed E-state index contributed by atoms with van der Waals surface area (Å²) in [4.78, 5) is 54.8. The zero-order valence-electron chi connectivity index (χ0n) is 28.5. The highest BCUT2D eigenvalue weighted by Crippen LogP contribution is 2.28. The van der Waals surface area contributed by atoms with E-state index in [1.807, 2.05) is 79.9 Å². The molecule has 5 rings (SSSR count). The third-order valence-corrected chi connectivity index (χ3v) is 9.72. The van der Waals surface area contributed by atoms with Crippen LogP contribution in [-0.4, -0.2) is 58.5 Å². The number of epoxide rings is 1. The highest BCUT2D eigenvalue weighted by molar-refractivity contribution is 7.10. The van der Waals surface area contributed by atoms with E-state index in [2.05, 4.69) is 44.8 Å². The Labute approximate surface area is 300 Å². The van der Waals surface area contributed by atoms with Crippen LogP contribution in [0.25, 0.3) is 0 Å². The second-order valence-electron chi connectivity index (χ2n) is 12.6. The van der Waals surface area contributed by atoms with Gasteiger partial charge in [0.15, 0.2) is 5.78 Å². The van der Waals surface area contributed by atoms with Gasteiger partial charge < -0.3 is 25.4 Å². The Morgan fingerprint density at radius 2 is 1.68 bits per heavy atom. The molecule has 50 heavy (non-hydrogen) atoms. The molecule has 0 saturated carbocycles. The van der Waals surface area contributed by atoms with Crippen molar-refractivity contribution >= 4 is 46.7 Å². The molecule has 0 radical (unpaired) electrons. The predicted molar refractivity (Wildman–Crippen MR) is 195 cm³/mol. The Hall–Kier alpha value is -4.72. The summed E-state index contributed by atoms with van der Waals surface area (Å²) < 4.78 is 11.1. The number of ether oxygens (including phenoxy) is 2. The van der Waals surface area contributed by atoms with Gasteiger partial charge in [-0.25, -0.2) is 14.8 Å². The third-order valence-electron chi connectivity index (χ3n) is 7.80. The van der Waals surface area contributed by atoms with Crippen LogP contribution in [-0.2, 0) is 38.5 Å². The van der Waals surface area contributed by atoms with Crippen molar-refractivity contribution in [1.29, 1.82) is 0 Å². The van der Waals surface area contributed by atoms with Crippen molar-refractivity contribution in [2.24, 2.45) is 4.99 Å². The molecule has 0 spiro atoms. The summed E-state index contributed by atoms with van der Waals surface area (Å²) in [6.07, 6.45) is 3.19. The molecule has 262 valence electrons. The van der Waals surface area contributed by atoms with Gasteiger partial charge in [-0.1, -0.05) is 74.5 Å². The maximum atomic E-state index is 14.0. The fraction of sp³-hybridized carbons (Fsp3) is 0.351. The lowest BCUT2D eigenvalue weighted by Gasteiger charge is -2.24. The first-order chi connectivity index (χ1) is 24.1. The van der Waals surface area contributed by atoms with E-state index < -0.39 is 29.9 Å². The van der Waals surface area contributed by atoms with Crippen molar-refractivity contribution in [3.63, 3.8) is 0 Å². The van der Waals surface area contributed by atoms with Gasteiger partial charge in [-0.2, -0.15) is 0 Å². The van der Waals surface area contributed by atoms with Crippen LogP contribution in [0.15, 0.2) is 94.0 Å². The summed E-state index contributed by atoms with van der Waals surface area (Å²) in [6, 6.07) is 17.6. The molecule has 3 N–H and O–H groups in total. The highest BCUT2D eigenvalue weighted by atomic mass is 32.1. The lowest BCUT2D eigenvalue weighted by Crippen LogP contribution is -2.48. The molecule has 3 atom stereocenters. The number of amides is 2. The number of benzene rings is 2. The van der Waals surface area contributed by atoms with E-state index in [9.17, 15) is 14.4 Å². The van der Waals surface area contributed by atoms with Crippen molar-refractivity contribution in [2.45, 2.75) is 77.4 Å². The SMILES string of the molecule is CC(C)=C(NC1(/N=C/c2csc(C(C)C)n2)CO1)C(=O)NC(CC(=O)C(Cc1ccccc1)NC(=O)OCc1cncs1)Cc1ccccc1. The molecule has 1 fully saturated rings. The number of nitrogens with zero attached hydrogens (tertiary/aromatic N) is 3. The van der Waals surface area contributed by atoms with Crippen LogP contribution in [0.2, 0.25) is 0 Å². The minimum absolute atomic E-state index is 0.0366. The number of carbonyl (C=O) groups excluding carboxylic acids is 3. The van der Waals surface area contributed by atoms with E-state index in [0.29, 0.717) is 18.0 Å². The van der Waals surface area contributed by atoms with Crippen molar-refractivity contribution in [2.75, 3.05) is 6.61 Å². The van der Waals surface area contributed by atoms with Gasteiger partial charge in [-0.15, -0.1) is 22.7 Å². The Morgan fingerprint density at radius 1 is 1.00 bits per heavy atom. The Bertz CT molecular complexity index is 1780. The monoisotopic (exact) mass is 714 g/mol. The van der Waals surface area contributed by atoms with Crippen LogP contribution in [0.3, 0.4) is 0 Å². The molecule has 2 amide bonds. The number of ketones is 1. The number of rotatable bonds is 17. The molecular weight excluding hydrogens is 673 g/mol. The van der Waals surface area contributed by atoms with Crippen LogP contribution in [0, 0.1) is 0 Å². The third kappa shape index (κ3) is 10.9. The average molecular weight is 715 g/mol. The molecule has 1 aliphatic rings. The highest BCUT2D eigenvalue weighted by Gasteiger charge is 2.46. The molecule has 0 bridgehead atoms. The van der Waals surface area contributed by atoms with Gasteiger partial charge in [0, 0.05) is 30.0 Å². The number of allylic oxidation sites excluding steroid dienone is 1. The molecule has 13 heteroatoms. The lowest BCUT2D eigenvalue weighted by molar-refractivity contribution is -0.122. The van der Waals surface area contributed by atoms with Crippen LogP contribution >= 0.6 is 22.7 Å². The molecule has 3 heterocycles. The number of thiazole rings is 2. The first kappa shape index (κ1) is 36.6. The van der Waals surface area contributed by atoms with E-state index in [4.69, 9.17) is 9.47 Å². The first-order valence-corrected chi connectivity index (χ1v) is 18.2. The van der Waals surface area contributed by atoms with Crippen molar-refractivity contribution < 1.29 is 23.9 Å². The number of aliphatic imine (C=N–C) groups is 1. The van der Waals surface area contributed by atoms with E-state index in [1.165, 1.54) is 11.3 Å². The molecule has 0 aliphatic carbocycles. The number of aromatic nitrogens is 2. The molecule has 3 unspecified atom stereocenters. The normalized spacial score (nSPS) is 16.4. The summed E-state index contributed by atoms with van der Waals surface area (Å²) in [5.74, 6) is -1.40.